The van der Waals surface area contributed by atoms with E-state index in [1.807, 2.05) is 25.1 Å². The highest BCUT2D eigenvalue weighted by Crippen LogP contribution is 2.30. The average molecular weight is 335 g/mol. The Morgan fingerprint density at radius 1 is 0.917 bits per heavy atom. The van der Waals surface area contributed by atoms with Crippen molar-refractivity contribution in [3.05, 3.63) is 77.2 Å². The summed E-state index contributed by atoms with van der Waals surface area (Å²) < 4.78 is 0. The van der Waals surface area contributed by atoms with E-state index >= 15 is 0 Å². The van der Waals surface area contributed by atoms with Crippen LogP contribution in [0.3, 0.4) is 0 Å². The van der Waals surface area contributed by atoms with Gasteiger partial charge in [-0.1, -0.05) is 67.6 Å². The van der Waals surface area contributed by atoms with E-state index in [0.29, 0.717) is 0 Å². The summed E-state index contributed by atoms with van der Waals surface area (Å²) in [6.45, 7) is 4.08. The number of hydrogen-bond acceptors (Lipinski definition) is 2. The Hall–Kier alpha value is -2.45. The Kier molecular flexibility index (Phi) is 5.07. The Labute approximate surface area is 147 Å². The number of aryl methyl sites for hydroxylation is 1. The minimum atomic E-state index is 0.279. The fourth-order valence-corrected chi connectivity index (χ4v) is 2.89. The van der Waals surface area contributed by atoms with Crippen LogP contribution >= 0.6 is 11.6 Å². The largest absolute Gasteiger partial charge is 0.223 e. The SMILES string of the molecule is CC/C=C\c1c(C)nc(Cl)nc1-c1cccc(-c2ccccc2)c1. The molecule has 0 saturated heterocycles. The van der Waals surface area contributed by atoms with Crippen molar-refractivity contribution in [3.8, 4) is 22.4 Å². The van der Waals surface area contributed by atoms with Crippen LogP contribution in [-0.4, -0.2) is 9.97 Å². The van der Waals surface area contributed by atoms with Gasteiger partial charge in [-0.15, -0.1) is 0 Å². The summed E-state index contributed by atoms with van der Waals surface area (Å²) in [4.78, 5) is 8.79. The van der Waals surface area contributed by atoms with Gasteiger partial charge in [0.2, 0.25) is 5.28 Å². The molecule has 0 N–H and O–H groups in total. The van der Waals surface area contributed by atoms with Crippen molar-refractivity contribution < 1.29 is 0 Å². The molecule has 0 aliphatic heterocycles. The van der Waals surface area contributed by atoms with Crippen molar-refractivity contribution in [3.63, 3.8) is 0 Å². The minimum Gasteiger partial charge on any atom is -0.223 e. The zero-order valence-electron chi connectivity index (χ0n) is 13.8. The summed E-state index contributed by atoms with van der Waals surface area (Å²) in [6.07, 6.45) is 5.16. The Morgan fingerprint density at radius 3 is 2.38 bits per heavy atom. The number of halogens is 1. The Balaban J connectivity index is 2.14. The maximum atomic E-state index is 6.12. The summed E-state index contributed by atoms with van der Waals surface area (Å²) in [7, 11) is 0. The fourth-order valence-electron chi connectivity index (χ4n) is 2.68. The predicted molar refractivity (Wildman–Crippen MR) is 102 cm³/mol. The van der Waals surface area contributed by atoms with Crippen LogP contribution in [0.25, 0.3) is 28.5 Å². The molecule has 0 atom stereocenters. The van der Waals surface area contributed by atoms with Gasteiger partial charge in [0, 0.05) is 11.1 Å². The molecule has 24 heavy (non-hydrogen) atoms. The number of hydrogen-bond donors (Lipinski definition) is 0. The lowest BCUT2D eigenvalue weighted by Crippen LogP contribution is -1.97. The van der Waals surface area contributed by atoms with Gasteiger partial charge >= 0.3 is 0 Å². The van der Waals surface area contributed by atoms with Gasteiger partial charge in [0.15, 0.2) is 0 Å². The minimum absolute atomic E-state index is 0.279. The average Bonchev–Trinajstić information content (AvgIpc) is 2.61. The van der Waals surface area contributed by atoms with Crippen molar-refractivity contribution in [2.24, 2.45) is 0 Å². The third-order valence-electron chi connectivity index (χ3n) is 3.87. The van der Waals surface area contributed by atoms with Gasteiger partial charge in [-0.2, -0.15) is 0 Å². The van der Waals surface area contributed by atoms with Crippen LogP contribution < -0.4 is 0 Å². The smallest absolute Gasteiger partial charge is 0.223 e. The number of benzene rings is 2. The normalized spacial score (nSPS) is 11.1. The molecule has 0 spiro atoms. The molecule has 120 valence electrons. The second kappa shape index (κ2) is 7.41. The highest BCUT2D eigenvalue weighted by atomic mass is 35.5. The van der Waals surface area contributed by atoms with E-state index in [0.717, 1.165) is 34.5 Å². The van der Waals surface area contributed by atoms with E-state index in [9.17, 15) is 0 Å². The van der Waals surface area contributed by atoms with Gasteiger partial charge in [0.05, 0.1) is 11.4 Å². The van der Waals surface area contributed by atoms with Crippen LogP contribution in [0.1, 0.15) is 24.6 Å². The molecule has 0 saturated carbocycles. The van der Waals surface area contributed by atoms with Crippen molar-refractivity contribution in [2.75, 3.05) is 0 Å². The van der Waals surface area contributed by atoms with Crippen molar-refractivity contribution in [1.82, 2.24) is 9.97 Å². The van der Waals surface area contributed by atoms with E-state index < -0.39 is 0 Å². The van der Waals surface area contributed by atoms with Crippen LogP contribution in [-0.2, 0) is 0 Å². The standard InChI is InChI=1S/C21H19ClN2/c1-3-4-13-19-15(2)23-21(22)24-20(19)18-12-8-11-17(14-18)16-9-6-5-7-10-16/h4-14H,3H2,1-2H3/b13-4-. The summed E-state index contributed by atoms with van der Waals surface area (Å²) in [5.74, 6) is 0. The van der Waals surface area contributed by atoms with Crippen LogP contribution in [0.2, 0.25) is 5.28 Å². The second-order valence-corrected chi connectivity index (χ2v) is 5.94. The molecule has 1 aromatic heterocycles. The monoisotopic (exact) mass is 334 g/mol. The highest BCUT2D eigenvalue weighted by Gasteiger charge is 2.11. The van der Waals surface area contributed by atoms with Gasteiger partial charge in [-0.05, 0) is 42.1 Å². The quantitative estimate of drug-likeness (QED) is 0.531. The number of rotatable bonds is 4. The Morgan fingerprint density at radius 2 is 1.62 bits per heavy atom. The molecule has 1 heterocycles. The molecule has 0 amide bonds. The van der Waals surface area contributed by atoms with Gasteiger partial charge in [0.1, 0.15) is 0 Å². The van der Waals surface area contributed by atoms with E-state index in [1.54, 1.807) is 0 Å². The zero-order chi connectivity index (χ0) is 16.9. The molecule has 0 bridgehead atoms. The number of allylic oxidation sites excluding steroid dienone is 1. The number of aromatic nitrogens is 2. The molecule has 3 aromatic rings. The van der Waals surface area contributed by atoms with Crippen LogP contribution in [0, 0.1) is 6.92 Å². The fraction of sp³-hybridized carbons (Fsp3) is 0.143. The molecule has 2 nitrogen and oxygen atoms in total. The molecule has 0 fully saturated rings. The maximum absolute atomic E-state index is 6.12. The topological polar surface area (TPSA) is 25.8 Å². The van der Waals surface area contributed by atoms with E-state index in [-0.39, 0.29) is 5.28 Å². The highest BCUT2D eigenvalue weighted by molar-refractivity contribution is 6.28. The second-order valence-electron chi connectivity index (χ2n) is 5.60. The van der Waals surface area contributed by atoms with E-state index in [2.05, 4.69) is 65.4 Å². The van der Waals surface area contributed by atoms with E-state index in [4.69, 9.17) is 11.6 Å². The predicted octanol–water partition coefficient (Wildman–Crippen LogP) is 6.20. The molecule has 3 heteroatoms. The van der Waals surface area contributed by atoms with Crippen LogP contribution in [0.4, 0.5) is 0 Å². The molecular formula is C21H19ClN2. The van der Waals surface area contributed by atoms with Crippen LogP contribution in [0.5, 0.6) is 0 Å². The van der Waals surface area contributed by atoms with Crippen molar-refractivity contribution in [1.29, 1.82) is 0 Å². The van der Waals surface area contributed by atoms with Gasteiger partial charge in [0.25, 0.3) is 0 Å². The third-order valence-corrected chi connectivity index (χ3v) is 4.04. The molecule has 0 unspecified atom stereocenters. The van der Waals surface area contributed by atoms with Gasteiger partial charge in [-0.25, -0.2) is 9.97 Å². The molecule has 3 rings (SSSR count). The van der Waals surface area contributed by atoms with Crippen LogP contribution in [0.15, 0.2) is 60.7 Å². The Bertz CT molecular complexity index is 870. The summed E-state index contributed by atoms with van der Waals surface area (Å²) in [6, 6.07) is 18.7. The van der Waals surface area contributed by atoms with Gasteiger partial charge < -0.3 is 0 Å². The summed E-state index contributed by atoms with van der Waals surface area (Å²) in [5.41, 5.74) is 6.16. The third kappa shape index (κ3) is 3.55. The number of nitrogens with zero attached hydrogens (tertiary/aromatic N) is 2. The molecular weight excluding hydrogens is 316 g/mol. The van der Waals surface area contributed by atoms with Crippen molar-refractivity contribution >= 4 is 17.7 Å². The first kappa shape index (κ1) is 16.4. The lowest BCUT2D eigenvalue weighted by molar-refractivity contribution is 1.09. The summed E-state index contributed by atoms with van der Waals surface area (Å²) in [5, 5.41) is 0.279. The lowest BCUT2D eigenvalue weighted by atomic mass is 9.99. The maximum Gasteiger partial charge on any atom is 0.223 e. The van der Waals surface area contributed by atoms with Gasteiger partial charge in [-0.3, -0.25) is 0 Å². The lowest BCUT2D eigenvalue weighted by Gasteiger charge is -2.10. The first-order valence-electron chi connectivity index (χ1n) is 8.05. The first-order chi connectivity index (χ1) is 11.7. The summed E-state index contributed by atoms with van der Waals surface area (Å²) >= 11 is 6.12. The molecule has 2 aromatic carbocycles. The molecule has 0 radical (unpaired) electrons. The zero-order valence-corrected chi connectivity index (χ0v) is 14.6. The molecule has 0 aliphatic rings. The van der Waals surface area contributed by atoms with Crippen molar-refractivity contribution in [2.45, 2.75) is 20.3 Å². The first-order valence-corrected chi connectivity index (χ1v) is 8.43. The van der Waals surface area contributed by atoms with E-state index in [1.165, 1.54) is 5.56 Å². The molecule has 0 aliphatic carbocycles.